The van der Waals surface area contributed by atoms with Gasteiger partial charge in [0.2, 0.25) is 0 Å². The van der Waals surface area contributed by atoms with Crippen LogP contribution in [-0.2, 0) is 0 Å². The number of aromatic nitrogens is 1. The Bertz CT molecular complexity index is 347. The molecule has 1 aliphatic rings. The van der Waals surface area contributed by atoms with Gasteiger partial charge in [0.1, 0.15) is 5.69 Å². The fourth-order valence-corrected chi connectivity index (χ4v) is 2.12. The van der Waals surface area contributed by atoms with Crippen molar-refractivity contribution in [2.45, 2.75) is 25.7 Å². The number of carbonyl (C=O) groups excluding carboxylic acids is 1. The third-order valence-electron chi connectivity index (χ3n) is 2.72. The maximum atomic E-state index is 11.8. The summed E-state index contributed by atoms with van der Waals surface area (Å²) in [7, 11) is 0. The van der Waals surface area contributed by atoms with Crippen molar-refractivity contribution >= 4 is 21.7 Å². The molecule has 1 aromatic heterocycles. The molecule has 74 valence electrons. The Kier molecular flexibility index (Phi) is 2.96. The lowest BCUT2D eigenvalue weighted by molar-refractivity contribution is 0.0930. The first-order valence-electron chi connectivity index (χ1n) is 4.91. The number of ketones is 1. The van der Waals surface area contributed by atoms with Crippen LogP contribution in [0.5, 0.6) is 0 Å². The molecule has 1 aliphatic carbocycles. The quantitative estimate of drug-likeness (QED) is 0.775. The van der Waals surface area contributed by atoms with E-state index in [1.54, 1.807) is 6.20 Å². The van der Waals surface area contributed by atoms with Crippen molar-refractivity contribution in [1.29, 1.82) is 0 Å². The summed E-state index contributed by atoms with van der Waals surface area (Å²) in [5, 5.41) is 0. The first-order chi connectivity index (χ1) is 6.77. The largest absolute Gasteiger partial charge is 0.292 e. The molecule has 1 fully saturated rings. The molecule has 0 aliphatic heterocycles. The van der Waals surface area contributed by atoms with E-state index in [0.29, 0.717) is 18.0 Å². The number of hydrogen-bond acceptors (Lipinski definition) is 2. The van der Waals surface area contributed by atoms with E-state index >= 15 is 0 Å². The predicted molar refractivity (Wildman–Crippen MR) is 58.2 cm³/mol. The third kappa shape index (κ3) is 2.03. The molecule has 1 heterocycles. The maximum Gasteiger partial charge on any atom is 0.182 e. The number of halogens is 1. The van der Waals surface area contributed by atoms with Crippen LogP contribution in [0.25, 0.3) is 0 Å². The molecule has 0 amide bonds. The first kappa shape index (κ1) is 9.84. The third-order valence-corrected chi connectivity index (χ3v) is 3.36. The van der Waals surface area contributed by atoms with Crippen molar-refractivity contribution in [2.75, 3.05) is 0 Å². The van der Waals surface area contributed by atoms with Crippen LogP contribution < -0.4 is 0 Å². The summed E-state index contributed by atoms with van der Waals surface area (Å²) in [5.74, 6) is 0.776. The van der Waals surface area contributed by atoms with Crippen LogP contribution in [0, 0.1) is 5.92 Å². The Balaban J connectivity index is 2.06. The fourth-order valence-electron chi connectivity index (χ4n) is 1.65. The van der Waals surface area contributed by atoms with Crippen LogP contribution in [0.3, 0.4) is 0 Å². The summed E-state index contributed by atoms with van der Waals surface area (Å²) >= 11 is 3.34. The van der Waals surface area contributed by atoms with Gasteiger partial charge in [-0.05, 0) is 34.0 Å². The summed E-state index contributed by atoms with van der Waals surface area (Å²) in [6.45, 7) is 0. The number of rotatable bonds is 3. The van der Waals surface area contributed by atoms with Crippen LogP contribution in [0.1, 0.15) is 36.2 Å². The van der Waals surface area contributed by atoms with Gasteiger partial charge in [-0.15, -0.1) is 0 Å². The number of carbonyl (C=O) groups is 1. The Labute approximate surface area is 91.9 Å². The molecule has 0 saturated heterocycles. The average Bonchev–Trinajstić information content (AvgIpc) is 2.12. The van der Waals surface area contributed by atoms with Crippen molar-refractivity contribution in [3.05, 3.63) is 28.5 Å². The van der Waals surface area contributed by atoms with E-state index in [2.05, 4.69) is 20.9 Å². The highest BCUT2D eigenvalue weighted by Crippen LogP contribution is 2.31. The maximum absolute atomic E-state index is 11.8. The molecule has 14 heavy (non-hydrogen) atoms. The van der Waals surface area contributed by atoms with Crippen molar-refractivity contribution in [3.63, 3.8) is 0 Å². The lowest BCUT2D eigenvalue weighted by Crippen LogP contribution is -2.16. The van der Waals surface area contributed by atoms with Crippen LogP contribution in [0.4, 0.5) is 0 Å². The molecular formula is C11H12BrNO. The summed E-state index contributed by atoms with van der Waals surface area (Å²) in [5.41, 5.74) is 0.583. The zero-order valence-electron chi connectivity index (χ0n) is 7.87. The number of pyridine rings is 1. The number of nitrogens with zero attached hydrogens (tertiary/aromatic N) is 1. The Morgan fingerprint density at radius 3 is 2.93 bits per heavy atom. The monoisotopic (exact) mass is 253 g/mol. The second-order valence-corrected chi connectivity index (χ2v) is 4.61. The fraction of sp³-hybridized carbons (Fsp3) is 0.455. The summed E-state index contributed by atoms with van der Waals surface area (Å²) < 4.78 is 0.810. The highest BCUT2D eigenvalue weighted by atomic mass is 79.9. The lowest BCUT2D eigenvalue weighted by Gasteiger charge is -2.24. The van der Waals surface area contributed by atoms with Gasteiger partial charge in [0.15, 0.2) is 5.78 Å². The highest BCUT2D eigenvalue weighted by molar-refractivity contribution is 9.10. The van der Waals surface area contributed by atoms with E-state index < -0.39 is 0 Å². The van der Waals surface area contributed by atoms with Crippen LogP contribution in [0.15, 0.2) is 22.8 Å². The zero-order chi connectivity index (χ0) is 9.97. The van der Waals surface area contributed by atoms with Gasteiger partial charge in [0.05, 0.1) is 0 Å². The minimum absolute atomic E-state index is 0.169. The molecular weight excluding hydrogens is 242 g/mol. The van der Waals surface area contributed by atoms with Crippen LogP contribution in [-0.4, -0.2) is 10.8 Å². The van der Waals surface area contributed by atoms with E-state index in [4.69, 9.17) is 0 Å². The summed E-state index contributed by atoms with van der Waals surface area (Å²) in [4.78, 5) is 15.9. The summed E-state index contributed by atoms with van der Waals surface area (Å²) in [6, 6.07) is 3.69. The van der Waals surface area contributed by atoms with E-state index in [1.165, 1.54) is 19.3 Å². The lowest BCUT2D eigenvalue weighted by atomic mass is 9.81. The van der Waals surface area contributed by atoms with Crippen molar-refractivity contribution < 1.29 is 4.79 Å². The van der Waals surface area contributed by atoms with Gasteiger partial charge in [-0.25, -0.2) is 0 Å². The molecule has 0 N–H and O–H groups in total. The topological polar surface area (TPSA) is 30.0 Å². The second kappa shape index (κ2) is 4.22. The molecule has 0 bridgehead atoms. The molecule has 1 aromatic rings. The van der Waals surface area contributed by atoms with Crippen molar-refractivity contribution in [1.82, 2.24) is 4.98 Å². The van der Waals surface area contributed by atoms with Gasteiger partial charge in [-0.1, -0.05) is 19.3 Å². The Morgan fingerprint density at radius 1 is 1.57 bits per heavy atom. The van der Waals surface area contributed by atoms with Crippen LogP contribution >= 0.6 is 15.9 Å². The molecule has 0 aromatic carbocycles. The molecule has 2 rings (SSSR count). The molecule has 2 nitrogen and oxygen atoms in total. The normalized spacial score (nSPS) is 16.4. The minimum atomic E-state index is 0.169. The molecule has 3 heteroatoms. The Morgan fingerprint density at radius 2 is 2.36 bits per heavy atom. The zero-order valence-corrected chi connectivity index (χ0v) is 9.46. The van der Waals surface area contributed by atoms with Crippen molar-refractivity contribution in [3.8, 4) is 0 Å². The van der Waals surface area contributed by atoms with Gasteiger partial charge in [-0.2, -0.15) is 0 Å². The van der Waals surface area contributed by atoms with Crippen LogP contribution in [0.2, 0.25) is 0 Å². The van der Waals surface area contributed by atoms with Gasteiger partial charge < -0.3 is 0 Å². The molecule has 0 atom stereocenters. The van der Waals surface area contributed by atoms with Gasteiger partial charge >= 0.3 is 0 Å². The minimum Gasteiger partial charge on any atom is -0.292 e. The summed E-state index contributed by atoms with van der Waals surface area (Å²) in [6.07, 6.45) is 6.02. The Hall–Kier alpha value is -0.700. The molecule has 1 saturated carbocycles. The van der Waals surface area contributed by atoms with Gasteiger partial charge in [0, 0.05) is 17.1 Å². The number of hydrogen-bond donors (Lipinski definition) is 0. The van der Waals surface area contributed by atoms with Gasteiger partial charge in [0.25, 0.3) is 0 Å². The smallest absolute Gasteiger partial charge is 0.182 e. The highest BCUT2D eigenvalue weighted by Gasteiger charge is 2.22. The predicted octanol–water partition coefficient (Wildman–Crippen LogP) is 3.22. The second-order valence-electron chi connectivity index (χ2n) is 3.76. The van der Waals surface area contributed by atoms with E-state index in [0.717, 1.165) is 4.47 Å². The standard InChI is InChI=1S/C11H12BrNO/c12-9-5-2-6-13-11(9)10(14)7-8-3-1-4-8/h2,5-6,8H,1,3-4,7H2. The molecule has 0 radical (unpaired) electrons. The molecule has 0 spiro atoms. The van der Waals surface area contributed by atoms with Crippen molar-refractivity contribution in [2.24, 2.45) is 5.92 Å². The molecule has 0 unspecified atom stereocenters. The SMILES string of the molecule is O=C(CC1CCC1)c1ncccc1Br. The van der Waals surface area contributed by atoms with E-state index in [9.17, 15) is 4.79 Å². The number of Topliss-reactive ketones (excluding diaryl/α,β-unsaturated/α-hetero) is 1. The van der Waals surface area contributed by atoms with E-state index in [-0.39, 0.29) is 5.78 Å². The van der Waals surface area contributed by atoms with E-state index in [1.807, 2.05) is 12.1 Å². The average molecular weight is 254 g/mol. The first-order valence-corrected chi connectivity index (χ1v) is 5.70. The van der Waals surface area contributed by atoms with Gasteiger partial charge in [-0.3, -0.25) is 9.78 Å².